The molecule has 2 N–H and O–H groups in total. The predicted molar refractivity (Wildman–Crippen MR) is 117 cm³/mol. The Balaban J connectivity index is 2.88. The van der Waals surface area contributed by atoms with Gasteiger partial charge in [0.05, 0.1) is 14.2 Å². The Hall–Kier alpha value is -1.58. The van der Waals surface area contributed by atoms with Gasteiger partial charge in [0.25, 0.3) is 0 Å². The third kappa shape index (κ3) is 7.44. The van der Waals surface area contributed by atoms with Gasteiger partial charge in [-0.25, -0.2) is 0 Å². The first-order chi connectivity index (χ1) is 13.6. The average molecular weight is 395 g/mol. The van der Waals surface area contributed by atoms with Gasteiger partial charge >= 0.3 is 0 Å². The molecule has 1 aromatic rings. The van der Waals surface area contributed by atoms with Crippen LogP contribution >= 0.6 is 0 Å². The lowest BCUT2D eigenvalue weighted by atomic mass is 9.93. The minimum Gasteiger partial charge on any atom is -0.504 e. The van der Waals surface area contributed by atoms with Gasteiger partial charge in [-0.2, -0.15) is 0 Å². The lowest BCUT2D eigenvalue weighted by molar-refractivity contribution is 0.316. The lowest BCUT2D eigenvalue weighted by Crippen LogP contribution is -2.03. The van der Waals surface area contributed by atoms with Gasteiger partial charge in [-0.05, 0) is 25.7 Å². The summed E-state index contributed by atoms with van der Waals surface area (Å²) in [4.78, 5) is 0. The van der Waals surface area contributed by atoms with E-state index in [4.69, 9.17) is 9.47 Å². The van der Waals surface area contributed by atoms with Gasteiger partial charge in [0.2, 0.25) is 11.5 Å². The van der Waals surface area contributed by atoms with Gasteiger partial charge in [-0.1, -0.05) is 78.1 Å². The number of benzene rings is 1. The van der Waals surface area contributed by atoms with E-state index in [2.05, 4.69) is 13.8 Å². The van der Waals surface area contributed by atoms with E-state index in [0.717, 1.165) is 43.2 Å². The minimum absolute atomic E-state index is 0.0350. The summed E-state index contributed by atoms with van der Waals surface area (Å²) in [6.07, 6.45) is 16.1. The van der Waals surface area contributed by atoms with E-state index in [1.54, 1.807) is 7.11 Å². The van der Waals surface area contributed by atoms with Crippen LogP contribution in [0.5, 0.6) is 23.0 Å². The van der Waals surface area contributed by atoms with E-state index in [1.807, 2.05) is 0 Å². The monoisotopic (exact) mass is 394 g/mol. The quantitative estimate of drug-likeness (QED) is 0.236. The van der Waals surface area contributed by atoms with Crippen molar-refractivity contribution in [2.75, 3.05) is 14.2 Å². The first-order valence-electron chi connectivity index (χ1n) is 11.3. The Morgan fingerprint density at radius 3 is 1.43 bits per heavy atom. The molecule has 0 aliphatic carbocycles. The van der Waals surface area contributed by atoms with E-state index >= 15 is 0 Å². The van der Waals surface area contributed by atoms with Crippen LogP contribution in [0.3, 0.4) is 0 Å². The molecule has 0 amide bonds. The van der Waals surface area contributed by atoms with Crippen LogP contribution in [0.15, 0.2) is 0 Å². The molecule has 0 saturated carbocycles. The summed E-state index contributed by atoms with van der Waals surface area (Å²) in [7, 11) is 3.10. The number of ether oxygens (including phenoxy) is 2. The maximum Gasteiger partial charge on any atom is 0.207 e. The van der Waals surface area contributed by atoms with Crippen molar-refractivity contribution in [3.05, 3.63) is 11.1 Å². The highest BCUT2D eigenvalue weighted by Gasteiger charge is 2.24. The predicted octanol–water partition coefficient (Wildman–Crippen LogP) is 6.92. The first-order valence-corrected chi connectivity index (χ1v) is 11.3. The molecule has 1 rings (SSSR count). The highest BCUT2D eigenvalue weighted by molar-refractivity contribution is 5.66. The molecule has 28 heavy (non-hydrogen) atoms. The highest BCUT2D eigenvalue weighted by atomic mass is 16.5. The topological polar surface area (TPSA) is 58.9 Å². The van der Waals surface area contributed by atoms with Crippen LogP contribution < -0.4 is 9.47 Å². The van der Waals surface area contributed by atoms with Crippen LogP contribution in [0, 0.1) is 0 Å². The second kappa shape index (κ2) is 14.4. The highest BCUT2D eigenvalue weighted by Crippen LogP contribution is 2.49. The Morgan fingerprint density at radius 2 is 0.964 bits per heavy atom. The second-order valence-corrected chi connectivity index (χ2v) is 7.76. The van der Waals surface area contributed by atoms with Crippen LogP contribution in [0.4, 0.5) is 0 Å². The number of phenolic OH excluding ortho intramolecular Hbond substituents is 2. The van der Waals surface area contributed by atoms with Crippen LogP contribution in [-0.4, -0.2) is 24.4 Å². The van der Waals surface area contributed by atoms with Crippen LogP contribution in [0.25, 0.3) is 0 Å². The Labute approximate surface area is 172 Å². The van der Waals surface area contributed by atoms with Gasteiger partial charge in [0.1, 0.15) is 0 Å². The summed E-state index contributed by atoms with van der Waals surface area (Å²) in [6.45, 7) is 4.45. The van der Waals surface area contributed by atoms with Crippen molar-refractivity contribution in [1.82, 2.24) is 0 Å². The summed E-state index contributed by atoms with van der Waals surface area (Å²) in [5, 5.41) is 21.0. The van der Waals surface area contributed by atoms with E-state index < -0.39 is 0 Å². The van der Waals surface area contributed by atoms with Gasteiger partial charge in [0, 0.05) is 11.1 Å². The van der Waals surface area contributed by atoms with E-state index in [0.29, 0.717) is 5.75 Å². The summed E-state index contributed by atoms with van der Waals surface area (Å²) >= 11 is 0. The SMILES string of the molecule is CCCCCCCCc1c(O)c(O)c(OC)c(OC)c1CCCCCCCC. The van der Waals surface area contributed by atoms with Crippen molar-refractivity contribution in [3.8, 4) is 23.0 Å². The molecule has 0 radical (unpaired) electrons. The largest absolute Gasteiger partial charge is 0.504 e. The number of unbranched alkanes of at least 4 members (excludes halogenated alkanes) is 10. The van der Waals surface area contributed by atoms with Gasteiger partial charge in [-0.3, -0.25) is 0 Å². The fourth-order valence-electron chi connectivity index (χ4n) is 3.88. The van der Waals surface area contributed by atoms with Crippen LogP contribution in [-0.2, 0) is 12.8 Å². The maximum absolute atomic E-state index is 10.6. The van der Waals surface area contributed by atoms with E-state index in [9.17, 15) is 10.2 Å². The lowest BCUT2D eigenvalue weighted by Gasteiger charge is -2.20. The third-order valence-electron chi connectivity index (χ3n) is 5.54. The number of hydrogen-bond acceptors (Lipinski definition) is 4. The zero-order valence-corrected chi connectivity index (χ0v) is 18.6. The Morgan fingerprint density at radius 1 is 0.536 bits per heavy atom. The number of phenols is 2. The summed E-state index contributed by atoms with van der Waals surface area (Å²) < 4.78 is 10.9. The zero-order valence-electron chi connectivity index (χ0n) is 18.6. The molecule has 1 aromatic carbocycles. The van der Waals surface area contributed by atoms with Crippen LogP contribution in [0.1, 0.15) is 102 Å². The smallest absolute Gasteiger partial charge is 0.207 e. The van der Waals surface area contributed by atoms with E-state index in [1.165, 1.54) is 64.9 Å². The number of aromatic hydroxyl groups is 2. The van der Waals surface area contributed by atoms with Gasteiger partial charge in [0.15, 0.2) is 11.5 Å². The normalized spacial score (nSPS) is 11.0. The van der Waals surface area contributed by atoms with Crippen molar-refractivity contribution in [3.63, 3.8) is 0 Å². The average Bonchev–Trinajstić information content (AvgIpc) is 2.70. The molecule has 0 aliphatic heterocycles. The fraction of sp³-hybridized carbons (Fsp3) is 0.750. The fourth-order valence-corrected chi connectivity index (χ4v) is 3.88. The summed E-state index contributed by atoms with van der Waals surface area (Å²) in [5.41, 5.74) is 1.83. The van der Waals surface area contributed by atoms with Crippen molar-refractivity contribution < 1.29 is 19.7 Å². The number of methoxy groups -OCH3 is 2. The molecular formula is C24H42O4. The molecule has 0 unspecified atom stereocenters. The number of hydrogen-bond donors (Lipinski definition) is 2. The molecule has 4 heteroatoms. The van der Waals surface area contributed by atoms with Crippen molar-refractivity contribution in [2.45, 2.75) is 104 Å². The molecule has 0 spiro atoms. The Bertz CT molecular complexity index is 554. The van der Waals surface area contributed by atoms with Crippen molar-refractivity contribution in [2.24, 2.45) is 0 Å². The Kier molecular flexibility index (Phi) is 12.6. The molecule has 162 valence electrons. The van der Waals surface area contributed by atoms with Gasteiger partial charge in [-0.15, -0.1) is 0 Å². The molecular weight excluding hydrogens is 352 g/mol. The molecule has 0 aliphatic rings. The maximum atomic E-state index is 10.6. The van der Waals surface area contributed by atoms with E-state index in [-0.39, 0.29) is 17.2 Å². The molecule has 4 nitrogen and oxygen atoms in total. The summed E-state index contributed by atoms with van der Waals surface area (Å²) in [6, 6.07) is 0. The first kappa shape index (κ1) is 24.5. The molecule has 0 saturated heterocycles. The standard InChI is InChI=1S/C24H42O4/c1-5-7-9-11-13-15-17-19-20(18-16-14-12-10-8-6-2)23(27-3)24(28-4)22(26)21(19)25/h25-26H,5-18H2,1-4H3. The second-order valence-electron chi connectivity index (χ2n) is 7.76. The zero-order chi connectivity index (χ0) is 20.8. The molecule has 0 heterocycles. The number of rotatable bonds is 16. The third-order valence-corrected chi connectivity index (χ3v) is 5.54. The molecule has 0 aromatic heterocycles. The summed E-state index contributed by atoms with van der Waals surface area (Å²) in [5.74, 6) is 0.583. The van der Waals surface area contributed by atoms with Gasteiger partial charge < -0.3 is 19.7 Å². The van der Waals surface area contributed by atoms with Crippen LogP contribution in [0.2, 0.25) is 0 Å². The molecule has 0 fully saturated rings. The van der Waals surface area contributed by atoms with Crippen molar-refractivity contribution in [1.29, 1.82) is 0 Å². The molecule has 0 bridgehead atoms. The molecule has 0 atom stereocenters. The minimum atomic E-state index is -0.202. The van der Waals surface area contributed by atoms with Crippen molar-refractivity contribution >= 4 is 0 Å².